The topological polar surface area (TPSA) is 29.9 Å². The number of aromatic nitrogens is 2. The van der Waals surface area contributed by atoms with Crippen LogP contribution in [0, 0.1) is 0 Å². The molecule has 1 N–H and O–H groups in total. The largest absolute Gasteiger partial charge is 0.368 e. The lowest BCUT2D eigenvalue weighted by atomic mass is 9.93. The molecule has 0 amide bonds. The molecule has 84 valence electrons. The van der Waals surface area contributed by atoms with Gasteiger partial charge in [-0.1, -0.05) is 6.07 Å². The van der Waals surface area contributed by atoms with Crippen LogP contribution in [-0.4, -0.2) is 15.8 Å². The monoisotopic (exact) mass is 233 g/mol. The van der Waals surface area contributed by atoms with Crippen LogP contribution in [0.4, 0.5) is 5.82 Å². The highest BCUT2D eigenvalue weighted by molar-refractivity contribution is 7.09. The maximum atomic E-state index is 4.36. The summed E-state index contributed by atoms with van der Waals surface area (Å²) in [4.78, 5) is 1.35. The Morgan fingerprint density at radius 3 is 3.06 bits per heavy atom. The number of hydrogen-bond donors (Lipinski definition) is 1. The van der Waals surface area contributed by atoms with Crippen LogP contribution in [0.5, 0.6) is 0 Å². The quantitative estimate of drug-likeness (QED) is 0.880. The molecule has 2 heterocycles. The fourth-order valence-corrected chi connectivity index (χ4v) is 2.58. The van der Waals surface area contributed by atoms with E-state index >= 15 is 0 Å². The van der Waals surface area contributed by atoms with Crippen molar-refractivity contribution in [3.8, 4) is 0 Å². The molecule has 4 heteroatoms. The van der Waals surface area contributed by atoms with Crippen molar-refractivity contribution in [2.24, 2.45) is 0 Å². The second kappa shape index (κ2) is 4.29. The Hall–Kier alpha value is -1.29. The molecule has 0 aliphatic heterocycles. The van der Waals surface area contributed by atoms with Crippen LogP contribution < -0.4 is 5.32 Å². The number of nitrogens with one attached hydrogen (secondary N) is 1. The number of hydrogen-bond acceptors (Lipinski definition) is 3. The van der Waals surface area contributed by atoms with Crippen LogP contribution in [-0.2, 0) is 6.54 Å². The van der Waals surface area contributed by atoms with Crippen molar-refractivity contribution in [2.45, 2.75) is 31.8 Å². The Bertz CT molecular complexity index is 443. The summed E-state index contributed by atoms with van der Waals surface area (Å²) in [6, 6.07) is 6.97. The molecule has 0 radical (unpaired) electrons. The van der Waals surface area contributed by atoms with Crippen molar-refractivity contribution in [1.82, 2.24) is 9.78 Å². The van der Waals surface area contributed by atoms with Crippen molar-refractivity contribution in [3.63, 3.8) is 0 Å². The molecule has 0 aromatic carbocycles. The Morgan fingerprint density at radius 1 is 1.44 bits per heavy atom. The zero-order valence-corrected chi connectivity index (χ0v) is 9.91. The second-order valence-corrected chi connectivity index (χ2v) is 5.26. The van der Waals surface area contributed by atoms with Gasteiger partial charge >= 0.3 is 0 Å². The van der Waals surface area contributed by atoms with Gasteiger partial charge in [0, 0.05) is 17.0 Å². The van der Waals surface area contributed by atoms with Gasteiger partial charge in [0.25, 0.3) is 0 Å². The molecular weight excluding hydrogens is 218 g/mol. The Balaban J connectivity index is 1.71. The van der Waals surface area contributed by atoms with Crippen LogP contribution in [0.2, 0.25) is 0 Å². The van der Waals surface area contributed by atoms with E-state index in [9.17, 15) is 0 Å². The predicted octanol–water partition coefficient (Wildman–Crippen LogP) is 2.96. The minimum Gasteiger partial charge on any atom is -0.368 e. The molecule has 2 aromatic rings. The average molecular weight is 233 g/mol. The Morgan fingerprint density at radius 2 is 2.38 bits per heavy atom. The lowest BCUT2D eigenvalue weighted by Crippen LogP contribution is -2.28. The first-order chi connectivity index (χ1) is 7.92. The third-order valence-electron chi connectivity index (χ3n) is 3.06. The van der Waals surface area contributed by atoms with Gasteiger partial charge in [0.2, 0.25) is 0 Å². The zero-order valence-electron chi connectivity index (χ0n) is 9.10. The Labute approximate surface area is 99.1 Å². The molecule has 3 rings (SSSR count). The number of anilines is 1. The molecule has 3 nitrogen and oxygen atoms in total. The highest BCUT2D eigenvalue weighted by Gasteiger charge is 2.18. The predicted molar refractivity (Wildman–Crippen MR) is 66.9 cm³/mol. The van der Waals surface area contributed by atoms with E-state index in [1.807, 2.05) is 10.9 Å². The van der Waals surface area contributed by atoms with Crippen LogP contribution in [0.3, 0.4) is 0 Å². The first-order valence-electron chi connectivity index (χ1n) is 5.72. The summed E-state index contributed by atoms with van der Waals surface area (Å²) in [7, 11) is 0. The molecule has 1 aliphatic rings. The summed E-state index contributed by atoms with van der Waals surface area (Å²) >= 11 is 1.78. The summed E-state index contributed by atoms with van der Waals surface area (Å²) in [6.45, 7) is 0.875. The fourth-order valence-electron chi connectivity index (χ4n) is 1.89. The van der Waals surface area contributed by atoms with Gasteiger partial charge in [0.15, 0.2) is 0 Å². The first-order valence-corrected chi connectivity index (χ1v) is 6.60. The van der Waals surface area contributed by atoms with Gasteiger partial charge in [-0.2, -0.15) is 5.10 Å². The Kier molecular flexibility index (Phi) is 2.66. The van der Waals surface area contributed by atoms with E-state index in [0.29, 0.717) is 6.04 Å². The molecule has 16 heavy (non-hydrogen) atoms. The van der Waals surface area contributed by atoms with Gasteiger partial charge in [-0.05, 0) is 30.7 Å². The average Bonchev–Trinajstić information content (AvgIpc) is 2.84. The molecule has 0 unspecified atom stereocenters. The lowest BCUT2D eigenvalue weighted by Gasteiger charge is -2.27. The fraction of sp³-hybridized carbons (Fsp3) is 0.417. The van der Waals surface area contributed by atoms with Gasteiger partial charge in [0.1, 0.15) is 5.82 Å². The van der Waals surface area contributed by atoms with E-state index in [1.54, 1.807) is 11.3 Å². The van der Waals surface area contributed by atoms with Gasteiger partial charge in [-0.3, -0.25) is 0 Å². The minimum atomic E-state index is 0.666. The zero-order chi connectivity index (χ0) is 10.8. The standard InChI is InChI=1S/C12H15N3S/c1-3-10(4-1)14-12-6-7-13-15(12)9-11-5-2-8-16-11/h2,5-8,10,14H,1,3-4,9H2. The van der Waals surface area contributed by atoms with Gasteiger partial charge in [-0.15, -0.1) is 11.3 Å². The van der Waals surface area contributed by atoms with E-state index < -0.39 is 0 Å². The number of rotatable bonds is 4. The first kappa shape index (κ1) is 9.90. The summed E-state index contributed by atoms with van der Waals surface area (Å²) in [5, 5.41) is 10.0. The number of nitrogens with zero attached hydrogens (tertiary/aromatic N) is 2. The second-order valence-electron chi connectivity index (χ2n) is 4.23. The normalized spacial score (nSPS) is 16.0. The highest BCUT2D eigenvalue weighted by Crippen LogP contribution is 2.23. The summed E-state index contributed by atoms with van der Waals surface area (Å²) in [5.41, 5.74) is 0. The van der Waals surface area contributed by atoms with E-state index in [1.165, 1.54) is 24.1 Å². The molecule has 0 atom stereocenters. The smallest absolute Gasteiger partial charge is 0.124 e. The molecule has 2 aromatic heterocycles. The maximum absolute atomic E-state index is 4.36. The van der Waals surface area contributed by atoms with Crippen molar-refractivity contribution < 1.29 is 0 Å². The van der Waals surface area contributed by atoms with E-state index in [4.69, 9.17) is 0 Å². The SMILES string of the molecule is c1csc(Cn2nccc2NC2CCC2)c1. The maximum Gasteiger partial charge on any atom is 0.124 e. The van der Waals surface area contributed by atoms with Gasteiger partial charge in [0.05, 0.1) is 12.7 Å². The molecule has 1 saturated carbocycles. The van der Waals surface area contributed by atoms with Gasteiger partial charge < -0.3 is 5.32 Å². The highest BCUT2D eigenvalue weighted by atomic mass is 32.1. The molecule has 0 bridgehead atoms. The molecule has 0 saturated heterocycles. The summed E-state index contributed by atoms with van der Waals surface area (Å²) < 4.78 is 2.05. The number of thiophene rings is 1. The van der Waals surface area contributed by atoms with Gasteiger partial charge in [-0.25, -0.2) is 4.68 Å². The minimum absolute atomic E-state index is 0.666. The van der Waals surface area contributed by atoms with E-state index in [-0.39, 0.29) is 0 Å². The van der Waals surface area contributed by atoms with Crippen molar-refractivity contribution >= 4 is 17.2 Å². The van der Waals surface area contributed by atoms with E-state index in [2.05, 4.69) is 34.0 Å². The van der Waals surface area contributed by atoms with Crippen molar-refractivity contribution in [3.05, 3.63) is 34.7 Å². The molecular formula is C12H15N3S. The van der Waals surface area contributed by atoms with Crippen molar-refractivity contribution in [1.29, 1.82) is 0 Å². The van der Waals surface area contributed by atoms with Crippen LogP contribution in [0.15, 0.2) is 29.8 Å². The third kappa shape index (κ3) is 1.97. The molecule has 1 fully saturated rings. The summed E-state index contributed by atoms with van der Waals surface area (Å²) in [6.07, 6.45) is 5.82. The van der Waals surface area contributed by atoms with Crippen LogP contribution in [0.25, 0.3) is 0 Å². The van der Waals surface area contributed by atoms with Crippen LogP contribution >= 0.6 is 11.3 Å². The van der Waals surface area contributed by atoms with Crippen molar-refractivity contribution in [2.75, 3.05) is 5.32 Å². The summed E-state index contributed by atoms with van der Waals surface area (Å²) in [5.74, 6) is 1.15. The third-order valence-corrected chi connectivity index (χ3v) is 3.92. The molecule has 1 aliphatic carbocycles. The lowest BCUT2D eigenvalue weighted by molar-refractivity contribution is 0.441. The van der Waals surface area contributed by atoms with E-state index in [0.717, 1.165) is 12.4 Å². The molecule has 0 spiro atoms. The van der Waals surface area contributed by atoms with Crippen LogP contribution in [0.1, 0.15) is 24.1 Å².